The van der Waals surface area contributed by atoms with E-state index in [9.17, 15) is 9.90 Å². The van der Waals surface area contributed by atoms with Gasteiger partial charge in [0.2, 0.25) is 0 Å². The number of halogens is 2. The van der Waals surface area contributed by atoms with Crippen LogP contribution in [0.1, 0.15) is 30.6 Å². The second-order valence-corrected chi connectivity index (χ2v) is 5.77. The normalized spacial score (nSPS) is 12.6. The van der Waals surface area contributed by atoms with Crippen LogP contribution in [0.4, 0.5) is 0 Å². The lowest BCUT2D eigenvalue weighted by molar-refractivity contribution is 0.0919. The summed E-state index contributed by atoms with van der Waals surface area (Å²) in [5.74, 6) is 0.0265. The molecule has 0 fully saturated rings. The highest BCUT2D eigenvalue weighted by Crippen LogP contribution is 2.21. The third kappa shape index (κ3) is 4.59. The molecule has 100 valence electrons. The van der Waals surface area contributed by atoms with Crippen molar-refractivity contribution in [3.63, 3.8) is 0 Å². The second-order valence-electron chi connectivity index (χ2n) is 4.48. The lowest BCUT2D eigenvalue weighted by Gasteiger charge is -2.14. The van der Waals surface area contributed by atoms with Gasteiger partial charge in [-0.1, -0.05) is 25.4 Å². The smallest absolute Gasteiger partial charge is 0.252 e. The average molecular weight is 335 g/mol. The molecule has 1 aromatic rings. The van der Waals surface area contributed by atoms with E-state index in [1.165, 1.54) is 0 Å². The number of aliphatic hydroxyl groups excluding tert-OH is 1. The van der Waals surface area contributed by atoms with Gasteiger partial charge in [0.05, 0.1) is 11.7 Å². The Morgan fingerprint density at radius 3 is 2.72 bits per heavy atom. The Kier molecular flexibility index (Phi) is 6.12. The number of amides is 1. The van der Waals surface area contributed by atoms with Crippen LogP contribution in [0, 0.1) is 5.92 Å². The maximum atomic E-state index is 11.9. The monoisotopic (exact) mass is 333 g/mol. The highest BCUT2D eigenvalue weighted by Gasteiger charge is 2.12. The van der Waals surface area contributed by atoms with Gasteiger partial charge in [0.25, 0.3) is 5.91 Å². The first-order valence-electron chi connectivity index (χ1n) is 5.83. The minimum absolute atomic E-state index is 0.172. The molecule has 0 aliphatic carbocycles. The summed E-state index contributed by atoms with van der Waals surface area (Å²) >= 11 is 9.10. The van der Waals surface area contributed by atoms with Crippen molar-refractivity contribution in [2.45, 2.75) is 26.4 Å². The highest BCUT2D eigenvalue weighted by atomic mass is 79.9. The van der Waals surface area contributed by atoms with Crippen molar-refractivity contribution in [1.82, 2.24) is 5.32 Å². The average Bonchev–Trinajstić information content (AvgIpc) is 2.28. The van der Waals surface area contributed by atoms with E-state index >= 15 is 0 Å². The van der Waals surface area contributed by atoms with Gasteiger partial charge in [-0.15, -0.1) is 0 Å². The van der Waals surface area contributed by atoms with E-state index in [1.807, 2.05) is 13.8 Å². The summed E-state index contributed by atoms with van der Waals surface area (Å²) < 4.78 is 0.664. The quantitative estimate of drug-likeness (QED) is 0.868. The minimum Gasteiger partial charge on any atom is -0.393 e. The van der Waals surface area contributed by atoms with E-state index in [0.29, 0.717) is 28.0 Å². The van der Waals surface area contributed by atoms with Crippen LogP contribution in [0.3, 0.4) is 0 Å². The van der Waals surface area contributed by atoms with Gasteiger partial charge >= 0.3 is 0 Å². The third-order valence-corrected chi connectivity index (χ3v) is 3.56. The van der Waals surface area contributed by atoms with Gasteiger partial charge in [-0.2, -0.15) is 0 Å². The molecule has 0 unspecified atom stereocenters. The number of hydrogen-bond donors (Lipinski definition) is 2. The summed E-state index contributed by atoms with van der Waals surface area (Å²) in [4.78, 5) is 11.9. The van der Waals surface area contributed by atoms with E-state index in [0.717, 1.165) is 0 Å². The summed E-state index contributed by atoms with van der Waals surface area (Å²) in [5, 5.41) is 13.0. The molecule has 1 amide bonds. The standard InChI is InChI=1S/C13H17BrClNO2/c1-8(2)12(17)5-6-16-13(18)10-4-3-9(15)7-11(10)14/h3-4,7-8,12,17H,5-6H2,1-2H3,(H,16,18)/t12-/m1/s1. The fourth-order valence-corrected chi connectivity index (χ4v) is 2.30. The SMILES string of the molecule is CC(C)[C@H](O)CCNC(=O)c1ccc(Cl)cc1Br. The molecule has 0 saturated carbocycles. The summed E-state index contributed by atoms with van der Waals surface area (Å²) in [5.41, 5.74) is 0.540. The largest absolute Gasteiger partial charge is 0.393 e. The fraction of sp³-hybridized carbons (Fsp3) is 0.462. The molecule has 0 heterocycles. The van der Waals surface area contributed by atoms with Crippen LogP contribution >= 0.6 is 27.5 Å². The zero-order chi connectivity index (χ0) is 13.7. The van der Waals surface area contributed by atoms with Crippen LogP contribution in [-0.4, -0.2) is 23.7 Å². The number of hydrogen-bond acceptors (Lipinski definition) is 2. The molecule has 1 aromatic carbocycles. The van der Waals surface area contributed by atoms with Gasteiger partial charge < -0.3 is 10.4 Å². The number of benzene rings is 1. The van der Waals surface area contributed by atoms with E-state index in [4.69, 9.17) is 11.6 Å². The zero-order valence-corrected chi connectivity index (χ0v) is 12.8. The first-order valence-corrected chi connectivity index (χ1v) is 7.00. The molecule has 0 radical (unpaired) electrons. The predicted molar refractivity (Wildman–Crippen MR) is 76.9 cm³/mol. The summed E-state index contributed by atoms with van der Waals surface area (Å²) in [7, 11) is 0. The summed E-state index contributed by atoms with van der Waals surface area (Å²) in [6.45, 7) is 4.35. The molecular weight excluding hydrogens is 318 g/mol. The topological polar surface area (TPSA) is 49.3 Å². The Labute approximate surface area is 121 Å². The molecule has 5 heteroatoms. The van der Waals surface area contributed by atoms with Crippen molar-refractivity contribution >= 4 is 33.4 Å². The van der Waals surface area contributed by atoms with E-state index < -0.39 is 0 Å². The molecule has 2 N–H and O–H groups in total. The van der Waals surface area contributed by atoms with Crippen molar-refractivity contribution < 1.29 is 9.90 Å². The highest BCUT2D eigenvalue weighted by molar-refractivity contribution is 9.10. The number of nitrogens with one attached hydrogen (secondary N) is 1. The molecular formula is C13H17BrClNO2. The molecule has 1 atom stereocenters. The number of carbonyl (C=O) groups is 1. The maximum absolute atomic E-state index is 11.9. The van der Waals surface area contributed by atoms with E-state index in [-0.39, 0.29) is 17.9 Å². The van der Waals surface area contributed by atoms with Crippen LogP contribution in [0.15, 0.2) is 22.7 Å². The minimum atomic E-state index is -0.390. The zero-order valence-electron chi connectivity index (χ0n) is 10.4. The Morgan fingerprint density at radius 1 is 1.50 bits per heavy atom. The van der Waals surface area contributed by atoms with Crippen LogP contribution in [0.2, 0.25) is 5.02 Å². The molecule has 0 saturated heterocycles. The predicted octanol–water partition coefficient (Wildman–Crippen LogP) is 3.24. The maximum Gasteiger partial charge on any atom is 0.252 e. The van der Waals surface area contributed by atoms with Gasteiger partial charge in [-0.3, -0.25) is 4.79 Å². The first kappa shape index (κ1) is 15.5. The molecule has 0 aliphatic heterocycles. The van der Waals surface area contributed by atoms with Gasteiger partial charge in [0.15, 0.2) is 0 Å². The van der Waals surface area contributed by atoms with E-state index in [2.05, 4.69) is 21.2 Å². The molecule has 0 bridgehead atoms. The Balaban J connectivity index is 2.51. The molecule has 0 aliphatic rings. The Hall–Kier alpha value is -0.580. The molecule has 1 rings (SSSR count). The fourth-order valence-electron chi connectivity index (χ4n) is 1.44. The van der Waals surface area contributed by atoms with Crippen molar-refractivity contribution in [1.29, 1.82) is 0 Å². The van der Waals surface area contributed by atoms with Crippen molar-refractivity contribution in [3.05, 3.63) is 33.3 Å². The van der Waals surface area contributed by atoms with Gasteiger partial charge in [-0.25, -0.2) is 0 Å². The molecule has 18 heavy (non-hydrogen) atoms. The second kappa shape index (κ2) is 7.12. The molecule has 0 spiro atoms. The van der Waals surface area contributed by atoms with Crippen LogP contribution < -0.4 is 5.32 Å². The number of aliphatic hydroxyl groups is 1. The first-order chi connectivity index (χ1) is 8.41. The molecule has 0 aromatic heterocycles. The van der Waals surface area contributed by atoms with Crippen molar-refractivity contribution in [2.24, 2.45) is 5.92 Å². The van der Waals surface area contributed by atoms with Gasteiger partial charge in [0.1, 0.15) is 0 Å². The summed E-state index contributed by atoms with van der Waals surface area (Å²) in [6.07, 6.45) is 0.160. The lowest BCUT2D eigenvalue weighted by Crippen LogP contribution is -2.28. The van der Waals surface area contributed by atoms with Gasteiger partial charge in [0, 0.05) is 16.0 Å². The van der Waals surface area contributed by atoms with Gasteiger partial charge in [-0.05, 0) is 46.5 Å². The van der Waals surface area contributed by atoms with Crippen LogP contribution in [-0.2, 0) is 0 Å². The third-order valence-electron chi connectivity index (χ3n) is 2.67. The Morgan fingerprint density at radius 2 is 2.17 bits per heavy atom. The van der Waals surface area contributed by atoms with E-state index in [1.54, 1.807) is 18.2 Å². The van der Waals surface area contributed by atoms with Crippen LogP contribution in [0.25, 0.3) is 0 Å². The number of carbonyl (C=O) groups excluding carboxylic acids is 1. The lowest BCUT2D eigenvalue weighted by atomic mass is 10.0. The van der Waals surface area contributed by atoms with Crippen molar-refractivity contribution in [2.75, 3.05) is 6.54 Å². The van der Waals surface area contributed by atoms with Crippen molar-refractivity contribution in [3.8, 4) is 0 Å². The van der Waals surface area contributed by atoms with Crippen LogP contribution in [0.5, 0.6) is 0 Å². The Bertz CT molecular complexity index is 423. The molecule has 3 nitrogen and oxygen atoms in total. The number of rotatable bonds is 5. The summed E-state index contributed by atoms with van der Waals surface area (Å²) in [6, 6.07) is 5.02.